The molecule has 0 saturated carbocycles. The van der Waals surface area contributed by atoms with Gasteiger partial charge in [-0.3, -0.25) is 14.9 Å². The van der Waals surface area contributed by atoms with Crippen molar-refractivity contribution in [2.24, 2.45) is 4.99 Å². The molecule has 0 aromatic carbocycles. The molecule has 1 amide bonds. The number of aromatic amines is 1. The van der Waals surface area contributed by atoms with Crippen molar-refractivity contribution >= 4 is 28.9 Å². The highest BCUT2D eigenvalue weighted by atomic mass is 16.1. The van der Waals surface area contributed by atoms with Gasteiger partial charge in [0.15, 0.2) is 5.65 Å². The SMILES string of the molecule is CC1=CCCC(c2cn[nH]c2C(=O)Nc2ccn3nc(N4CCCC4)nc3c2)=N1. The van der Waals surface area contributed by atoms with Crippen LogP contribution in [0.2, 0.25) is 0 Å². The standard InChI is InChI=1S/C20H22N8O/c1-13-5-4-6-16(22-13)15-12-21-25-18(15)19(29)23-14-7-10-28-17(11-14)24-20(26-28)27-8-2-3-9-27/h5,7,10-12H,2-4,6,8-9H2,1H3,(H,21,25)(H,23,29). The van der Waals surface area contributed by atoms with Crippen molar-refractivity contribution in [1.82, 2.24) is 24.8 Å². The number of aromatic nitrogens is 5. The Labute approximate surface area is 167 Å². The molecule has 2 N–H and O–H groups in total. The number of pyridine rings is 1. The molecule has 0 aliphatic carbocycles. The van der Waals surface area contributed by atoms with Gasteiger partial charge in [0.2, 0.25) is 5.95 Å². The summed E-state index contributed by atoms with van der Waals surface area (Å²) in [4.78, 5) is 24.2. The number of allylic oxidation sites excluding steroid dienone is 2. The number of carbonyl (C=O) groups is 1. The van der Waals surface area contributed by atoms with Crippen LogP contribution in [0.15, 0.2) is 41.3 Å². The van der Waals surface area contributed by atoms with Gasteiger partial charge >= 0.3 is 0 Å². The molecular weight excluding hydrogens is 368 g/mol. The van der Waals surface area contributed by atoms with E-state index in [0.29, 0.717) is 17.0 Å². The largest absolute Gasteiger partial charge is 0.340 e. The summed E-state index contributed by atoms with van der Waals surface area (Å²) < 4.78 is 1.73. The Kier molecular flexibility index (Phi) is 4.34. The second-order valence-corrected chi connectivity index (χ2v) is 7.38. The highest BCUT2D eigenvalue weighted by molar-refractivity contribution is 6.13. The molecule has 5 rings (SSSR count). The van der Waals surface area contributed by atoms with Crippen molar-refractivity contribution < 1.29 is 4.79 Å². The zero-order valence-corrected chi connectivity index (χ0v) is 16.2. The van der Waals surface area contributed by atoms with E-state index in [2.05, 4.69) is 41.6 Å². The van der Waals surface area contributed by atoms with Crippen molar-refractivity contribution in [1.29, 1.82) is 0 Å². The fourth-order valence-corrected chi connectivity index (χ4v) is 3.80. The molecule has 0 radical (unpaired) electrons. The van der Waals surface area contributed by atoms with Crippen LogP contribution in [-0.2, 0) is 0 Å². The van der Waals surface area contributed by atoms with Gasteiger partial charge < -0.3 is 10.2 Å². The van der Waals surface area contributed by atoms with Crippen LogP contribution >= 0.6 is 0 Å². The number of hydrogen-bond acceptors (Lipinski definition) is 6. The van der Waals surface area contributed by atoms with Gasteiger partial charge in [-0.05, 0) is 38.7 Å². The third kappa shape index (κ3) is 3.39. The molecule has 1 fully saturated rings. The molecule has 0 spiro atoms. The highest BCUT2D eigenvalue weighted by Crippen LogP contribution is 2.21. The number of H-pyrrole nitrogens is 1. The number of rotatable bonds is 4. The van der Waals surface area contributed by atoms with Gasteiger partial charge in [-0.15, -0.1) is 5.10 Å². The van der Waals surface area contributed by atoms with Crippen molar-refractivity contribution in [3.63, 3.8) is 0 Å². The van der Waals surface area contributed by atoms with Crippen LogP contribution in [0.1, 0.15) is 48.7 Å². The summed E-state index contributed by atoms with van der Waals surface area (Å²) in [6.07, 6.45) is 9.62. The monoisotopic (exact) mass is 390 g/mol. The lowest BCUT2D eigenvalue weighted by molar-refractivity contribution is 0.102. The van der Waals surface area contributed by atoms with E-state index in [1.165, 1.54) is 12.8 Å². The van der Waals surface area contributed by atoms with Gasteiger partial charge in [0.1, 0.15) is 5.69 Å². The lowest BCUT2D eigenvalue weighted by Crippen LogP contribution is -2.19. The molecule has 9 nitrogen and oxygen atoms in total. The summed E-state index contributed by atoms with van der Waals surface area (Å²) >= 11 is 0. The quantitative estimate of drug-likeness (QED) is 0.713. The lowest BCUT2D eigenvalue weighted by Gasteiger charge is -2.11. The topological polar surface area (TPSA) is 104 Å². The number of fused-ring (bicyclic) bond motifs is 1. The van der Waals surface area contributed by atoms with Crippen LogP contribution in [0.4, 0.5) is 11.6 Å². The molecule has 0 atom stereocenters. The fraction of sp³-hybridized carbons (Fsp3) is 0.350. The molecule has 2 aliphatic rings. The first-order valence-corrected chi connectivity index (χ1v) is 9.88. The van der Waals surface area contributed by atoms with E-state index >= 15 is 0 Å². The van der Waals surface area contributed by atoms with Crippen LogP contribution in [0.3, 0.4) is 0 Å². The van der Waals surface area contributed by atoms with E-state index in [9.17, 15) is 4.79 Å². The average Bonchev–Trinajstić information content (AvgIpc) is 3.46. The van der Waals surface area contributed by atoms with E-state index in [1.54, 1.807) is 10.7 Å². The maximum Gasteiger partial charge on any atom is 0.274 e. The van der Waals surface area contributed by atoms with Crippen molar-refractivity contribution in [2.75, 3.05) is 23.3 Å². The van der Waals surface area contributed by atoms with Gasteiger partial charge in [-0.25, -0.2) is 4.52 Å². The van der Waals surface area contributed by atoms with E-state index in [1.807, 2.05) is 25.3 Å². The highest BCUT2D eigenvalue weighted by Gasteiger charge is 2.20. The molecule has 1 saturated heterocycles. The lowest BCUT2D eigenvalue weighted by atomic mass is 10.0. The summed E-state index contributed by atoms with van der Waals surface area (Å²) in [6.45, 7) is 3.94. The second-order valence-electron chi connectivity index (χ2n) is 7.38. The normalized spacial score (nSPS) is 16.8. The molecule has 5 heterocycles. The number of anilines is 2. The first-order valence-electron chi connectivity index (χ1n) is 9.88. The minimum Gasteiger partial charge on any atom is -0.340 e. The Bertz CT molecular complexity index is 1130. The third-order valence-corrected chi connectivity index (χ3v) is 5.28. The minimum absolute atomic E-state index is 0.254. The zero-order chi connectivity index (χ0) is 19.8. The Balaban J connectivity index is 1.38. The van der Waals surface area contributed by atoms with Gasteiger partial charge in [-0.2, -0.15) is 10.1 Å². The second kappa shape index (κ2) is 7.16. The molecule has 9 heteroatoms. The van der Waals surface area contributed by atoms with Gasteiger partial charge in [-0.1, -0.05) is 6.08 Å². The predicted octanol–water partition coefficient (Wildman–Crippen LogP) is 2.79. The van der Waals surface area contributed by atoms with Crippen LogP contribution in [0, 0.1) is 0 Å². The number of amides is 1. The first-order chi connectivity index (χ1) is 14.2. The Morgan fingerprint density at radius 2 is 2.14 bits per heavy atom. The van der Waals surface area contributed by atoms with E-state index in [4.69, 9.17) is 0 Å². The van der Waals surface area contributed by atoms with Crippen LogP contribution in [0.25, 0.3) is 5.65 Å². The minimum atomic E-state index is -0.254. The molecule has 2 aliphatic heterocycles. The summed E-state index contributed by atoms with van der Waals surface area (Å²) in [5.74, 6) is 0.483. The summed E-state index contributed by atoms with van der Waals surface area (Å²) in [6, 6.07) is 3.64. The maximum absolute atomic E-state index is 12.9. The first kappa shape index (κ1) is 17.6. The molecule has 0 bridgehead atoms. The number of hydrogen-bond donors (Lipinski definition) is 2. The molecular formula is C20H22N8O. The molecule has 29 heavy (non-hydrogen) atoms. The van der Waals surface area contributed by atoms with Crippen molar-refractivity contribution in [3.8, 4) is 0 Å². The zero-order valence-electron chi connectivity index (χ0n) is 16.2. The molecule has 3 aromatic rings. The van der Waals surface area contributed by atoms with E-state index in [-0.39, 0.29) is 5.91 Å². The Morgan fingerprint density at radius 1 is 1.28 bits per heavy atom. The summed E-state index contributed by atoms with van der Waals surface area (Å²) in [5.41, 5.74) is 4.36. The van der Waals surface area contributed by atoms with Gasteiger partial charge in [0, 0.05) is 42.3 Å². The van der Waals surface area contributed by atoms with Crippen LogP contribution in [0.5, 0.6) is 0 Å². The number of aliphatic imine (C=N–C) groups is 1. The Morgan fingerprint density at radius 3 is 2.97 bits per heavy atom. The van der Waals surface area contributed by atoms with Gasteiger partial charge in [0.05, 0.1) is 11.9 Å². The molecule has 3 aromatic heterocycles. The summed E-state index contributed by atoms with van der Waals surface area (Å²) in [7, 11) is 0. The van der Waals surface area contributed by atoms with Gasteiger partial charge in [0.25, 0.3) is 5.91 Å². The maximum atomic E-state index is 12.9. The van der Waals surface area contributed by atoms with Crippen molar-refractivity contribution in [2.45, 2.75) is 32.6 Å². The number of nitrogens with zero attached hydrogens (tertiary/aromatic N) is 6. The third-order valence-electron chi connectivity index (χ3n) is 5.28. The Hall–Kier alpha value is -3.49. The smallest absolute Gasteiger partial charge is 0.274 e. The van der Waals surface area contributed by atoms with Crippen LogP contribution < -0.4 is 10.2 Å². The summed E-state index contributed by atoms with van der Waals surface area (Å²) in [5, 5.41) is 14.3. The number of carbonyl (C=O) groups excluding carboxylic acids is 1. The molecule has 148 valence electrons. The van der Waals surface area contributed by atoms with Crippen molar-refractivity contribution in [3.05, 3.63) is 47.6 Å². The molecule has 0 unspecified atom stereocenters. The fourth-order valence-electron chi connectivity index (χ4n) is 3.80. The van der Waals surface area contributed by atoms with E-state index in [0.717, 1.165) is 48.9 Å². The van der Waals surface area contributed by atoms with E-state index < -0.39 is 0 Å². The number of nitrogens with one attached hydrogen (secondary N) is 2. The predicted molar refractivity (Wildman–Crippen MR) is 111 cm³/mol. The average molecular weight is 390 g/mol. The van der Waals surface area contributed by atoms with Crippen LogP contribution in [-0.4, -0.2) is 49.5 Å².